The molecule has 2 N–H and O–H groups in total. The van der Waals surface area contributed by atoms with Crippen LogP contribution >= 0.6 is 0 Å². The van der Waals surface area contributed by atoms with Gasteiger partial charge in [0.2, 0.25) is 5.91 Å². The van der Waals surface area contributed by atoms with Crippen molar-refractivity contribution in [2.75, 3.05) is 13.2 Å². The lowest BCUT2D eigenvalue weighted by Crippen LogP contribution is -2.41. The van der Waals surface area contributed by atoms with E-state index in [0.29, 0.717) is 18.5 Å². The second-order valence-electron chi connectivity index (χ2n) is 5.95. The lowest BCUT2D eigenvalue weighted by atomic mass is 9.85. The van der Waals surface area contributed by atoms with E-state index in [1.165, 1.54) is 0 Å². The summed E-state index contributed by atoms with van der Waals surface area (Å²) < 4.78 is 38.8. The molecule has 0 spiro atoms. The number of hydrogen-bond acceptors (Lipinski definition) is 3. The topological polar surface area (TPSA) is 69.2 Å². The zero-order valence-electron chi connectivity index (χ0n) is 12.0. The molecule has 1 saturated carbocycles. The van der Waals surface area contributed by atoms with Crippen LogP contribution in [-0.4, -0.2) is 45.3 Å². The van der Waals surface area contributed by atoms with Crippen molar-refractivity contribution < 1.29 is 23.1 Å². The summed E-state index contributed by atoms with van der Waals surface area (Å²) in [5.74, 6) is -0.602. The molecule has 0 saturated heterocycles. The third kappa shape index (κ3) is 2.84. The van der Waals surface area contributed by atoms with Crippen molar-refractivity contribution in [2.24, 2.45) is 5.92 Å². The molecule has 8 heteroatoms. The fourth-order valence-corrected chi connectivity index (χ4v) is 3.14. The van der Waals surface area contributed by atoms with Gasteiger partial charge in [0.25, 0.3) is 0 Å². The number of aliphatic hydroxyl groups excluding tert-OH is 1. The van der Waals surface area contributed by atoms with Crippen LogP contribution in [0.25, 0.3) is 0 Å². The number of carbonyl (C=O) groups excluding carboxylic acids is 1. The number of carbonyl (C=O) groups is 1. The monoisotopic (exact) mass is 317 g/mol. The Morgan fingerprint density at radius 2 is 2.09 bits per heavy atom. The number of alkyl halides is 3. The Hall–Kier alpha value is -1.57. The third-order valence-electron chi connectivity index (χ3n) is 4.38. The minimum absolute atomic E-state index is 0.0636. The first kappa shape index (κ1) is 15.3. The summed E-state index contributed by atoms with van der Waals surface area (Å²) in [4.78, 5) is 14.2. The minimum atomic E-state index is -4.50. The third-order valence-corrected chi connectivity index (χ3v) is 4.38. The number of aromatic amines is 1. The van der Waals surface area contributed by atoms with E-state index in [0.717, 1.165) is 12.8 Å². The summed E-state index contributed by atoms with van der Waals surface area (Å²) in [5.41, 5.74) is -0.298. The highest BCUT2D eigenvalue weighted by Gasteiger charge is 2.42. The number of aliphatic hydroxyl groups is 1. The van der Waals surface area contributed by atoms with Crippen molar-refractivity contribution in [3.63, 3.8) is 0 Å². The van der Waals surface area contributed by atoms with E-state index in [9.17, 15) is 18.0 Å². The Kier molecular flexibility index (Phi) is 3.88. The Balaban J connectivity index is 1.78. The quantitative estimate of drug-likeness (QED) is 0.884. The fraction of sp³-hybridized carbons (Fsp3) is 0.714. The second-order valence-corrected chi connectivity index (χ2v) is 5.95. The van der Waals surface area contributed by atoms with Gasteiger partial charge in [-0.15, -0.1) is 0 Å². The Morgan fingerprint density at radius 3 is 2.68 bits per heavy atom. The van der Waals surface area contributed by atoms with Crippen LogP contribution in [0.15, 0.2) is 0 Å². The molecule has 0 bridgehead atoms. The van der Waals surface area contributed by atoms with Crippen LogP contribution < -0.4 is 0 Å². The van der Waals surface area contributed by atoms with Crippen LogP contribution in [0.2, 0.25) is 0 Å². The summed E-state index contributed by atoms with van der Waals surface area (Å²) in [6.45, 7) is 0.129. The summed E-state index contributed by atoms with van der Waals surface area (Å²) in [6.07, 6.45) is -1.72. The van der Waals surface area contributed by atoms with Crippen LogP contribution in [0.3, 0.4) is 0 Å². The van der Waals surface area contributed by atoms with E-state index >= 15 is 0 Å². The van der Waals surface area contributed by atoms with Crippen LogP contribution in [0, 0.1) is 5.92 Å². The molecule has 1 aromatic heterocycles. The predicted molar refractivity (Wildman–Crippen MR) is 70.9 cm³/mol. The van der Waals surface area contributed by atoms with Crippen molar-refractivity contribution in [3.05, 3.63) is 17.0 Å². The molecule has 1 aromatic rings. The zero-order chi connectivity index (χ0) is 15.9. The van der Waals surface area contributed by atoms with Gasteiger partial charge in [-0.2, -0.15) is 18.3 Å². The maximum absolute atomic E-state index is 12.9. The summed E-state index contributed by atoms with van der Waals surface area (Å²) >= 11 is 0. The molecule has 0 aromatic carbocycles. The van der Waals surface area contributed by atoms with Gasteiger partial charge in [0.15, 0.2) is 5.69 Å². The molecule has 122 valence electrons. The highest BCUT2D eigenvalue weighted by Crippen LogP contribution is 2.37. The first-order valence-electron chi connectivity index (χ1n) is 7.46. The molecule has 0 radical (unpaired) electrons. The number of nitrogens with one attached hydrogen (secondary N) is 1. The Morgan fingerprint density at radius 1 is 1.36 bits per heavy atom. The Bertz CT molecular complexity index is 566. The molecule has 1 heterocycles. The van der Waals surface area contributed by atoms with Crippen LogP contribution in [-0.2, 0) is 23.8 Å². The maximum Gasteiger partial charge on any atom is 0.435 e. The number of amides is 1. The summed E-state index contributed by atoms with van der Waals surface area (Å²) in [7, 11) is 0. The Labute approximate surface area is 125 Å². The molecule has 3 rings (SSSR count). The fourth-order valence-electron chi connectivity index (χ4n) is 3.14. The number of aryl methyl sites for hydroxylation is 1. The molecule has 2 aliphatic carbocycles. The largest absolute Gasteiger partial charge is 0.435 e. The van der Waals surface area contributed by atoms with Crippen molar-refractivity contribution in [1.29, 1.82) is 0 Å². The van der Waals surface area contributed by atoms with Gasteiger partial charge >= 0.3 is 6.18 Å². The normalized spacial score (nSPS) is 21.5. The molecular formula is C14H18F3N3O2. The van der Waals surface area contributed by atoms with Gasteiger partial charge in [-0.3, -0.25) is 9.89 Å². The number of hydrogen-bond donors (Lipinski definition) is 2. The number of H-pyrrole nitrogens is 1. The molecule has 0 aliphatic heterocycles. The van der Waals surface area contributed by atoms with E-state index < -0.39 is 17.8 Å². The molecule has 5 nitrogen and oxygen atoms in total. The molecule has 1 fully saturated rings. The number of fused-ring (bicyclic) bond motifs is 1. The highest BCUT2D eigenvalue weighted by molar-refractivity contribution is 5.80. The summed E-state index contributed by atoms with van der Waals surface area (Å²) in [5, 5.41) is 14.9. The van der Waals surface area contributed by atoms with Crippen molar-refractivity contribution >= 4 is 5.91 Å². The smallest absolute Gasteiger partial charge is 0.395 e. The average Bonchev–Trinajstić information content (AvgIpc) is 3.20. The summed E-state index contributed by atoms with van der Waals surface area (Å²) in [6, 6.07) is 0.146. The van der Waals surface area contributed by atoms with Crippen LogP contribution in [0.4, 0.5) is 13.2 Å². The van der Waals surface area contributed by atoms with E-state index in [1.54, 1.807) is 4.90 Å². The predicted octanol–water partition coefficient (Wildman–Crippen LogP) is 1.52. The van der Waals surface area contributed by atoms with Gasteiger partial charge < -0.3 is 10.0 Å². The highest BCUT2D eigenvalue weighted by atomic mass is 19.4. The number of halogens is 3. The van der Waals surface area contributed by atoms with Gasteiger partial charge in [-0.25, -0.2) is 0 Å². The van der Waals surface area contributed by atoms with Crippen LogP contribution in [0.5, 0.6) is 0 Å². The van der Waals surface area contributed by atoms with Gasteiger partial charge in [0.05, 0.1) is 6.61 Å². The molecule has 2 aliphatic rings. The minimum Gasteiger partial charge on any atom is -0.395 e. The second kappa shape index (κ2) is 5.57. The standard InChI is InChI=1S/C14H18F3N3O2/c15-14(16,17)12-10-7-8(1-4-11(10)18-19-12)13(22)20(5-6-21)9-2-3-9/h8-9,21H,1-7H2,(H,18,19). The SMILES string of the molecule is O=C(C1CCc2[nH]nc(C(F)(F)F)c2C1)N(CCO)C1CC1. The van der Waals surface area contributed by atoms with Gasteiger partial charge in [0, 0.05) is 29.8 Å². The lowest BCUT2D eigenvalue weighted by molar-refractivity contribution is -0.143. The molecule has 1 amide bonds. The molecule has 1 unspecified atom stereocenters. The van der Waals surface area contributed by atoms with Crippen LogP contribution in [0.1, 0.15) is 36.2 Å². The van der Waals surface area contributed by atoms with Gasteiger partial charge in [0.1, 0.15) is 0 Å². The van der Waals surface area contributed by atoms with Gasteiger partial charge in [-0.1, -0.05) is 0 Å². The number of nitrogens with zero attached hydrogens (tertiary/aromatic N) is 2. The molecule has 1 atom stereocenters. The first-order valence-corrected chi connectivity index (χ1v) is 7.46. The zero-order valence-corrected chi connectivity index (χ0v) is 12.0. The van der Waals surface area contributed by atoms with E-state index in [4.69, 9.17) is 5.11 Å². The van der Waals surface area contributed by atoms with E-state index in [1.807, 2.05) is 0 Å². The number of rotatable bonds is 4. The average molecular weight is 317 g/mol. The van der Waals surface area contributed by atoms with Crippen molar-refractivity contribution in [3.8, 4) is 0 Å². The van der Waals surface area contributed by atoms with Crippen molar-refractivity contribution in [1.82, 2.24) is 15.1 Å². The van der Waals surface area contributed by atoms with Crippen molar-refractivity contribution in [2.45, 2.75) is 44.3 Å². The van der Waals surface area contributed by atoms with Gasteiger partial charge in [-0.05, 0) is 32.1 Å². The first-order chi connectivity index (χ1) is 10.4. The number of aromatic nitrogens is 2. The van der Waals surface area contributed by atoms with E-state index in [-0.39, 0.29) is 37.1 Å². The maximum atomic E-state index is 12.9. The van der Waals surface area contributed by atoms with E-state index in [2.05, 4.69) is 10.2 Å². The lowest BCUT2D eigenvalue weighted by Gasteiger charge is -2.29. The molecular weight excluding hydrogens is 299 g/mol. The molecule has 22 heavy (non-hydrogen) atoms.